The van der Waals surface area contributed by atoms with Crippen molar-refractivity contribution in [3.8, 4) is 5.69 Å². The third-order valence-electron chi connectivity index (χ3n) is 5.49. The topological polar surface area (TPSA) is 29.9 Å². The molecule has 0 unspecified atom stereocenters. The van der Waals surface area contributed by atoms with Crippen LogP contribution >= 0.6 is 0 Å². The van der Waals surface area contributed by atoms with Gasteiger partial charge in [0.25, 0.3) is 0 Å². The van der Waals surface area contributed by atoms with Crippen LogP contribution in [0.25, 0.3) is 5.69 Å². The average Bonchev–Trinajstić information content (AvgIpc) is 3.17. The Bertz CT molecular complexity index is 663. The van der Waals surface area contributed by atoms with Crippen molar-refractivity contribution in [1.82, 2.24) is 9.78 Å². The smallest absolute Gasteiger partial charge is 0.133 e. The quantitative estimate of drug-likeness (QED) is 0.879. The fraction of sp³-hybridized carbons (Fsp3) is 0.550. The van der Waals surface area contributed by atoms with Crippen LogP contribution in [0.4, 0.5) is 5.82 Å². The highest BCUT2D eigenvalue weighted by molar-refractivity contribution is 5.55. The Morgan fingerprint density at radius 3 is 2.61 bits per heavy atom. The van der Waals surface area contributed by atoms with E-state index in [-0.39, 0.29) is 0 Å². The summed E-state index contributed by atoms with van der Waals surface area (Å²) in [6.07, 6.45) is 10.2. The van der Waals surface area contributed by atoms with Gasteiger partial charge in [-0.1, -0.05) is 31.9 Å². The number of anilines is 1. The molecule has 1 fully saturated rings. The molecule has 2 aliphatic rings. The van der Waals surface area contributed by atoms with Crippen LogP contribution in [0.2, 0.25) is 0 Å². The summed E-state index contributed by atoms with van der Waals surface area (Å²) in [5.74, 6) is 1.94. The van der Waals surface area contributed by atoms with Crippen LogP contribution in [-0.2, 0) is 12.8 Å². The first kappa shape index (κ1) is 14.8. The second-order valence-corrected chi connectivity index (χ2v) is 7.01. The van der Waals surface area contributed by atoms with Crippen LogP contribution < -0.4 is 5.32 Å². The standard InChI is InChI=1S/C20H27N3/c1-2-15-10-12-17(13-11-15)23-20-18(9-5-6-14-21-20)19(22-23)16-7-3-4-8-16/h10-13,16,21H,2-9,14H2,1H3. The predicted molar refractivity (Wildman–Crippen MR) is 95.6 cm³/mol. The lowest BCUT2D eigenvalue weighted by molar-refractivity contribution is 0.664. The number of fused-ring (bicyclic) bond motifs is 1. The number of aromatic nitrogens is 2. The normalized spacial score (nSPS) is 18.5. The highest BCUT2D eigenvalue weighted by Gasteiger charge is 2.27. The van der Waals surface area contributed by atoms with Gasteiger partial charge in [-0.05, 0) is 56.2 Å². The summed E-state index contributed by atoms with van der Waals surface area (Å²) < 4.78 is 2.17. The first-order valence-electron chi connectivity index (χ1n) is 9.32. The molecule has 0 bridgehead atoms. The van der Waals surface area contributed by atoms with Crippen molar-refractivity contribution in [2.24, 2.45) is 0 Å². The second-order valence-electron chi connectivity index (χ2n) is 7.01. The van der Waals surface area contributed by atoms with E-state index < -0.39 is 0 Å². The molecule has 23 heavy (non-hydrogen) atoms. The summed E-state index contributed by atoms with van der Waals surface area (Å²) in [7, 11) is 0. The molecule has 2 heterocycles. The fourth-order valence-electron chi connectivity index (χ4n) is 4.12. The number of hydrogen-bond acceptors (Lipinski definition) is 2. The van der Waals surface area contributed by atoms with Crippen molar-refractivity contribution < 1.29 is 0 Å². The van der Waals surface area contributed by atoms with Gasteiger partial charge in [-0.3, -0.25) is 0 Å². The van der Waals surface area contributed by atoms with Gasteiger partial charge in [-0.25, -0.2) is 4.68 Å². The van der Waals surface area contributed by atoms with Gasteiger partial charge in [-0.2, -0.15) is 5.10 Å². The molecule has 1 aliphatic carbocycles. The number of rotatable bonds is 3. The Morgan fingerprint density at radius 1 is 1.09 bits per heavy atom. The van der Waals surface area contributed by atoms with E-state index in [2.05, 4.69) is 41.2 Å². The third kappa shape index (κ3) is 2.77. The minimum Gasteiger partial charge on any atom is -0.370 e. The molecule has 0 saturated heterocycles. The predicted octanol–water partition coefficient (Wildman–Crippen LogP) is 4.84. The highest BCUT2D eigenvalue weighted by atomic mass is 15.3. The second kappa shape index (κ2) is 6.38. The summed E-state index contributed by atoms with van der Waals surface area (Å²) in [6, 6.07) is 8.90. The van der Waals surface area contributed by atoms with Crippen LogP contribution in [0.1, 0.15) is 68.2 Å². The lowest BCUT2D eigenvalue weighted by Crippen LogP contribution is -2.07. The SMILES string of the molecule is CCc1ccc(-n2nc(C3CCCC3)c3c2NCCCC3)cc1. The number of benzene rings is 1. The number of nitrogens with one attached hydrogen (secondary N) is 1. The number of nitrogens with zero attached hydrogens (tertiary/aromatic N) is 2. The van der Waals surface area contributed by atoms with E-state index in [0.29, 0.717) is 5.92 Å². The Kier molecular flexibility index (Phi) is 4.11. The summed E-state index contributed by atoms with van der Waals surface area (Å²) in [4.78, 5) is 0. The first-order valence-corrected chi connectivity index (χ1v) is 9.32. The molecule has 0 atom stereocenters. The van der Waals surface area contributed by atoms with Crippen molar-refractivity contribution in [2.45, 2.75) is 64.2 Å². The lowest BCUT2D eigenvalue weighted by atomic mass is 9.97. The van der Waals surface area contributed by atoms with E-state index >= 15 is 0 Å². The highest BCUT2D eigenvalue weighted by Crippen LogP contribution is 2.39. The number of hydrogen-bond donors (Lipinski definition) is 1. The molecule has 2 aromatic rings. The zero-order valence-electron chi connectivity index (χ0n) is 14.1. The molecule has 1 saturated carbocycles. The molecule has 1 N–H and O–H groups in total. The van der Waals surface area contributed by atoms with Gasteiger partial charge in [0.1, 0.15) is 5.82 Å². The Hall–Kier alpha value is -1.77. The largest absolute Gasteiger partial charge is 0.370 e. The summed E-state index contributed by atoms with van der Waals surface area (Å²) >= 11 is 0. The number of aryl methyl sites for hydroxylation is 1. The fourth-order valence-corrected chi connectivity index (χ4v) is 4.12. The van der Waals surface area contributed by atoms with Gasteiger partial charge >= 0.3 is 0 Å². The van der Waals surface area contributed by atoms with E-state index in [1.807, 2.05) is 0 Å². The Balaban J connectivity index is 1.78. The molecule has 122 valence electrons. The van der Waals surface area contributed by atoms with E-state index in [0.717, 1.165) is 13.0 Å². The molecule has 1 aliphatic heterocycles. The van der Waals surface area contributed by atoms with Crippen molar-refractivity contribution in [2.75, 3.05) is 11.9 Å². The molecule has 1 aromatic heterocycles. The lowest BCUT2D eigenvalue weighted by Gasteiger charge is -2.09. The van der Waals surface area contributed by atoms with Crippen LogP contribution in [-0.4, -0.2) is 16.3 Å². The summed E-state index contributed by atoms with van der Waals surface area (Å²) in [6.45, 7) is 3.27. The summed E-state index contributed by atoms with van der Waals surface area (Å²) in [5.41, 5.74) is 5.45. The monoisotopic (exact) mass is 309 g/mol. The van der Waals surface area contributed by atoms with Crippen LogP contribution in [0.5, 0.6) is 0 Å². The third-order valence-corrected chi connectivity index (χ3v) is 5.49. The van der Waals surface area contributed by atoms with E-state index in [1.54, 1.807) is 0 Å². The zero-order valence-corrected chi connectivity index (χ0v) is 14.1. The maximum absolute atomic E-state index is 5.10. The van der Waals surface area contributed by atoms with Crippen molar-refractivity contribution in [3.63, 3.8) is 0 Å². The van der Waals surface area contributed by atoms with Crippen LogP contribution in [0, 0.1) is 0 Å². The molecule has 4 rings (SSSR count). The van der Waals surface area contributed by atoms with Crippen molar-refractivity contribution >= 4 is 5.82 Å². The minimum atomic E-state index is 0.680. The Morgan fingerprint density at radius 2 is 1.87 bits per heavy atom. The molecule has 3 nitrogen and oxygen atoms in total. The van der Waals surface area contributed by atoms with E-state index in [9.17, 15) is 0 Å². The van der Waals surface area contributed by atoms with Crippen molar-refractivity contribution in [1.29, 1.82) is 0 Å². The molecular weight excluding hydrogens is 282 g/mol. The molecule has 1 aromatic carbocycles. The van der Waals surface area contributed by atoms with Gasteiger partial charge in [0.15, 0.2) is 0 Å². The van der Waals surface area contributed by atoms with Gasteiger partial charge in [0.05, 0.1) is 11.4 Å². The Labute approximate surface area is 139 Å². The van der Waals surface area contributed by atoms with Gasteiger partial charge < -0.3 is 5.32 Å². The molecule has 0 radical (unpaired) electrons. The van der Waals surface area contributed by atoms with Gasteiger partial charge in [-0.15, -0.1) is 0 Å². The average molecular weight is 309 g/mol. The van der Waals surface area contributed by atoms with Crippen LogP contribution in [0.3, 0.4) is 0 Å². The van der Waals surface area contributed by atoms with E-state index in [4.69, 9.17) is 5.10 Å². The zero-order chi connectivity index (χ0) is 15.6. The molecule has 3 heteroatoms. The van der Waals surface area contributed by atoms with E-state index in [1.165, 1.54) is 73.3 Å². The molecule has 0 spiro atoms. The van der Waals surface area contributed by atoms with Gasteiger partial charge in [0.2, 0.25) is 0 Å². The van der Waals surface area contributed by atoms with Crippen molar-refractivity contribution in [3.05, 3.63) is 41.1 Å². The summed E-state index contributed by atoms with van der Waals surface area (Å²) in [5, 5.41) is 8.76. The van der Waals surface area contributed by atoms with Crippen LogP contribution in [0.15, 0.2) is 24.3 Å². The minimum absolute atomic E-state index is 0.680. The first-order chi connectivity index (χ1) is 11.4. The molecular formula is C20H27N3. The van der Waals surface area contributed by atoms with Gasteiger partial charge in [0, 0.05) is 18.0 Å². The maximum Gasteiger partial charge on any atom is 0.133 e. The maximum atomic E-state index is 5.10. The molecule has 0 amide bonds.